The molecule has 2 aromatic rings. The molecule has 2 atom stereocenters. The highest BCUT2D eigenvalue weighted by Gasteiger charge is 2.16. The molecule has 0 aliphatic carbocycles. The second kappa shape index (κ2) is 9.19. The van der Waals surface area contributed by atoms with Crippen LogP contribution in [0.4, 0.5) is 0 Å². The van der Waals surface area contributed by atoms with Crippen molar-refractivity contribution in [3.05, 3.63) is 59.7 Å². The highest BCUT2D eigenvalue weighted by molar-refractivity contribution is 7.75. The molecule has 4 nitrogen and oxygen atoms in total. The first-order chi connectivity index (χ1) is 12.3. The van der Waals surface area contributed by atoms with Gasteiger partial charge in [-0.3, -0.25) is 4.18 Å². The van der Waals surface area contributed by atoms with Gasteiger partial charge < -0.3 is 8.92 Å². The molecule has 2 rings (SSSR count). The van der Waals surface area contributed by atoms with E-state index in [0.29, 0.717) is 18.8 Å². The van der Waals surface area contributed by atoms with Crippen LogP contribution in [-0.4, -0.2) is 16.9 Å². The molecule has 142 valence electrons. The second-order valence-corrected chi connectivity index (χ2v) is 8.03. The van der Waals surface area contributed by atoms with Gasteiger partial charge in [-0.15, -0.1) is 0 Å². The zero-order chi connectivity index (χ0) is 19.2. The fraction of sp³-hybridized carbons (Fsp3) is 0.429. The maximum atomic E-state index is 12.1. The Hall–Kier alpha value is -1.85. The average Bonchev–Trinajstić information content (AvgIpc) is 2.60. The van der Waals surface area contributed by atoms with Crippen molar-refractivity contribution in [2.75, 3.05) is 6.61 Å². The first-order valence-electron chi connectivity index (χ1n) is 8.85. The molecule has 0 fully saturated rings. The third-order valence-corrected chi connectivity index (χ3v) is 4.82. The SMILES string of the molecule is CCC(COc1ccc(C(C)(C)C)cc1)OS(=O)Oc1ccccc1C. The van der Waals surface area contributed by atoms with Gasteiger partial charge in [0, 0.05) is 0 Å². The van der Waals surface area contributed by atoms with E-state index >= 15 is 0 Å². The summed E-state index contributed by atoms with van der Waals surface area (Å²) in [5.74, 6) is 1.32. The lowest BCUT2D eigenvalue weighted by molar-refractivity contribution is 0.130. The average molecular weight is 377 g/mol. The largest absolute Gasteiger partial charge is 0.491 e. The van der Waals surface area contributed by atoms with Gasteiger partial charge in [-0.2, -0.15) is 4.21 Å². The van der Waals surface area contributed by atoms with Gasteiger partial charge in [0.25, 0.3) is 0 Å². The van der Waals surface area contributed by atoms with E-state index in [1.165, 1.54) is 5.56 Å². The molecule has 0 saturated carbocycles. The quantitative estimate of drug-likeness (QED) is 0.641. The lowest BCUT2D eigenvalue weighted by Crippen LogP contribution is -2.24. The van der Waals surface area contributed by atoms with Crippen molar-refractivity contribution in [2.45, 2.75) is 52.6 Å². The highest BCUT2D eigenvalue weighted by Crippen LogP contribution is 2.24. The van der Waals surface area contributed by atoms with Gasteiger partial charge in [-0.05, 0) is 48.1 Å². The summed E-state index contributed by atoms with van der Waals surface area (Å²) in [6.07, 6.45) is 0.352. The zero-order valence-electron chi connectivity index (χ0n) is 16.2. The molecule has 5 heteroatoms. The minimum absolute atomic E-state index is 0.109. The normalized spacial score (nSPS) is 13.9. The third kappa shape index (κ3) is 6.15. The summed E-state index contributed by atoms with van der Waals surface area (Å²) < 4.78 is 28.8. The van der Waals surface area contributed by atoms with Gasteiger partial charge >= 0.3 is 11.4 Å². The van der Waals surface area contributed by atoms with Crippen LogP contribution in [-0.2, 0) is 21.0 Å². The Morgan fingerprint density at radius 2 is 1.69 bits per heavy atom. The molecule has 0 heterocycles. The lowest BCUT2D eigenvalue weighted by atomic mass is 9.87. The third-order valence-electron chi connectivity index (χ3n) is 4.08. The van der Waals surface area contributed by atoms with Crippen LogP contribution in [0.2, 0.25) is 0 Å². The highest BCUT2D eigenvalue weighted by atomic mass is 32.2. The Labute approximate surface area is 159 Å². The van der Waals surface area contributed by atoms with E-state index in [2.05, 4.69) is 32.9 Å². The molecule has 0 aliphatic heterocycles. The minimum atomic E-state index is -1.86. The van der Waals surface area contributed by atoms with Crippen molar-refractivity contribution in [3.8, 4) is 11.5 Å². The summed E-state index contributed by atoms with van der Waals surface area (Å²) in [6, 6.07) is 15.4. The molecular formula is C21H28O4S. The van der Waals surface area contributed by atoms with Crippen molar-refractivity contribution in [2.24, 2.45) is 0 Å². The van der Waals surface area contributed by atoms with Gasteiger partial charge in [0.05, 0.1) is 0 Å². The molecule has 0 radical (unpaired) electrons. The fourth-order valence-electron chi connectivity index (χ4n) is 2.31. The number of rotatable bonds is 8. The van der Waals surface area contributed by atoms with Crippen LogP contribution in [0.3, 0.4) is 0 Å². The van der Waals surface area contributed by atoms with Crippen LogP contribution in [0.5, 0.6) is 11.5 Å². The number of ether oxygens (including phenoxy) is 1. The van der Waals surface area contributed by atoms with E-state index in [1.54, 1.807) is 6.07 Å². The predicted octanol–water partition coefficient (Wildman–Crippen LogP) is 5.12. The van der Waals surface area contributed by atoms with Gasteiger partial charge in [0.15, 0.2) is 0 Å². The summed E-state index contributed by atoms with van der Waals surface area (Å²) in [4.78, 5) is 0. The maximum Gasteiger partial charge on any atom is 0.360 e. The van der Waals surface area contributed by atoms with Crippen LogP contribution in [0.1, 0.15) is 45.2 Å². The van der Waals surface area contributed by atoms with Crippen molar-refractivity contribution < 1.29 is 17.3 Å². The molecule has 0 spiro atoms. The lowest BCUT2D eigenvalue weighted by Gasteiger charge is -2.20. The predicted molar refractivity (Wildman–Crippen MR) is 106 cm³/mol. The number of hydrogen-bond acceptors (Lipinski definition) is 4. The minimum Gasteiger partial charge on any atom is -0.491 e. The van der Waals surface area contributed by atoms with Crippen LogP contribution >= 0.6 is 0 Å². The summed E-state index contributed by atoms with van der Waals surface area (Å²) in [6.45, 7) is 10.7. The standard InChI is InChI=1S/C21H28O4S/c1-6-18(24-26(22)25-20-10-8-7-9-16(20)2)15-23-19-13-11-17(12-14-19)21(3,4)5/h7-14,18H,6,15H2,1-5H3. The van der Waals surface area contributed by atoms with Crippen molar-refractivity contribution in [3.63, 3.8) is 0 Å². The number of para-hydroxylation sites is 1. The molecule has 2 aromatic carbocycles. The Balaban J connectivity index is 1.87. The summed E-state index contributed by atoms with van der Waals surface area (Å²) in [5, 5.41) is 0. The summed E-state index contributed by atoms with van der Waals surface area (Å²) >= 11 is -1.86. The van der Waals surface area contributed by atoms with Crippen LogP contribution in [0.25, 0.3) is 0 Å². The fourth-order valence-corrected chi connectivity index (χ4v) is 3.09. The second-order valence-electron chi connectivity index (χ2n) is 7.26. The molecular weight excluding hydrogens is 348 g/mol. The van der Waals surface area contributed by atoms with E-state index in [4.69, 9.17) is 13.1 Å². The van der Waals surface area contributed by atoms with Crippen LogP contribution in [0.15, 0.2) is 48.5 Å². The van der Waals surface area contributed by atoms with E-state index in [1.807, 2.05) is 44.2 Å². The van der Waals surface area contributed by atoms with E-state index < -0.39 is 11.4 Å². The summed E-state index contributed by atoms with van der Waals surface area (Å²) in [5.41, 5.74) is 2.27. The first-order valence-corrected chi connectivity index (χ1v) is 9.85. The molecule has 0 aliphatic rings. The molecule has 0 bridgehead atoms. The molecule has 2 unspecified atom stereocenters. The van der Waals surface area contributed by atoms with Crippen molar-refractivity contribution >= 4 is 11.4 Å². The first kappa shape index (κ1) is 20.5. The number of hydrogen-bond donors (Lipinski definition) is 0. The molecule has 0 aromatic heterocycles. The van der Waals surface area contributed by atoms with Crippen molar-refractivity contribution in [1.29, 1.82) is 0 Å². The Kier molecular flexibility index (Phi) is 7.23. The van der Waals surface area contributed by atoms with Crippen molar-refractivity contribution in [1.82, 2.24) is 0 Å². The molecule has 0 amide bonds. The van der Waals surface area contributed by atoms with Gasteiger partial charge in [0.1, 0.15) is 24.2 Å². The van der Waals surface area contributed by atoms with Gasteiger partial charge in [0.2, 0.25) is 0 Å². The summed E-state index contributed by atoms with van der Waals surface area (Å²) in [7, 11) is 0. The topological polar surface area (TPSA) is 44.8 Å². The molecule has 0 saturated heterocycles. The van der Waals surface area contributed by atoms with Gasteiger partial charge in [-0.25, -0.2) is 0 Å². The molecule has 26 heavy (non-hydrogen) atoms. The van der Waals surface area contributed by atoms with E-state index in [0.717, 1.165) is 11.3 Å². The van der Waals surface area contributed by atoms with Crippen LogP contribution < -0.4 is 8.92 Å². The Morgan fingerprint density at radius 3 is 2.27 bits per heavy atom. The zero-order valence-corrected chi connectivity index (χ0v) is 17.0. The van der Waals surface area contributed by atoms with Gasteiger partial charge in [-0.1, -0.05) is 58.0 Å². The Morgan fingerprint density at radius 1 is 1.04 bits per heavy atom. The number of benzene rings is 2. The number of aryl methyl sites for hydroxylation is 1. The Bertz CT molecular complexity index is 720. The smallest absolute Gasteiger partial charge is 0.360 e. The molecule has 0 N–H and O–H groups in total. The van der Waals surface area contributed by atoms with E-state index in [-0.39, 0.29) is 11.5 Å². The van der Waals surface area contributed by atoms with Crippen LogP contribution in [0, 0.1) is 6.92 Å². The monoisotopic (exact) mass is 376 g/mol. The maximum absolute atomic E-state index is 12.1. The van der Waals surface area contributed by atoms with E-state index in [9.17, 15) is 4.21 Å².